The molecule has 0 aliphatic carbocycles. The lowest BCUT2D eigenvalue weighted by Gasteiger charge is -2.16. The SMILES string of the molecule is CO[C@@H]1CN(c2ccnc(N)n2)C[C@@H]1N. The van der Waals surface area contributed by atoms with Crippen LogP contribution in [0.1, 0.15) is 0 Å². The van der Waals surface area contributed by atoms with E-state index in [0.29, 0.717) is 0 Å². The van der Waals surface area contributed by atoms with Crippen molar-refractivity contribution in [1.82, 2.24) is 9.97 Å². The second kappa shape index (κ2) is 4.00. The van der Waals surface area contributed by atoms with Gasteiger partial charge in [-0.2, -0.15) is 4.98 Å². The highest BCUT2D eigenvalue weighted by Crippen LogP contribution is 2.18. The predicted molar refractivity (Wildman–Crippen MR) is 57.4 cm³/mol. The number of anilines is 2. The third kappa shape index (κ3) is 2.00. The Morgan fingerprint density at radius 3 is 2.93 bits per heavy atom. The summed E-state index contributed by atoms with van der Waals surface area (Å²) in [6.07, 6.45) is 1.70. The summed E-state index contributed by atoms with van der Waals surface area (Å²) in [7, 11) is 1.67. The molecule has 2 atom stereocenters. The van der Waals surface area contributed by atoms with Crippen LogP contribution in [0.3, 0.4) is 0 Å². The molecule has 1 fully saturated rings. The van der Waals surface area contributed by atoms with Gasteiger partial charge in [0.05, 0.1) is 12.1 Å². The van der Waals surface area contributed by atoms with E-state index in [1.54, 1.807) is 13.3 Å². The molecule has 4 N–H and O–H groups in total. The number of aromatic nitrogens is 2. The van der Waals surface area contributed by atoms with Gasteiger partial charge in [0, 0.05) is 26.4 Å². The van der Waals surface area contributed by atoms with Crippen LogP contribution in [0.25, 0.3) is 0 Å². The van der Waals surface area contributed by atoms with Crippen LogP contribution in [0.4, 0.5) is 11.8 Å². The molecular formula is C9H15N5O. The van der Waals surface area contributed by atoms with Crippen molar-refractivity contribution in [2.24, 2.45) is 5.73 Å². The second-order valence-electron chi connectivity index (χ2n) is 3.62. The van der Waals surface area contributed by atoms with Crippen LogP contribution in [0.5, 0.6) is 0 Å². The first-order valence-corrected chi connectivity index (χ1v) is 4.82. The average molecular weight is 209 g/mol. The molecule has 15 heavy (non-hydrogen) atoms. The Kier molecular flexibility index (Phi) is 2.70. The van der Waals surface area contributed by atoms with E-state index in [4.69, 9.17) is 16.2 Å². The number of hydrogen-bond acceptors (Lipinski definition) is 6. The van der Waals surface area contributed by atoms with Gasteiger partial charge in [-0.1, -0.05) is 0 Å². The van der Waals surface area contributed by atoms with Crippen LogP contribution in [-0.2, 0) is 4.74 Å². The molecule has 1 aromatic heterocycles. The molecule has 0 aromatic carbocycles. The standard InChI is InChI=1S/C9H15N5O/c1-15-7-5-14(4-6(7)10)8-2-3-12-9(11)13-8/h2-3,6-7H,4-5,10H2,1H3,(H2,11,12,13)/t6-,7+/m0/s1. The van der Waals surface area contributed by atoms with Crippen molar-refractivity contribution in [2.45, 2.75) is 12.1 Å². The van der Waals surface area contributed by atoms with Gasteiger partial charge in [0.15, 0.2) is 0 Å². The summed E-state index contributed by atoms with van der Waals surface area (Å²) in [5, 5.41) is 0. The molecule has 6 heteroatoms. The Morgan fingerprint density at radius 2 is 2.33 bits per heavy atom. The van der Waals surface area contributed by atoms with Crippen LogP contribution in [0, 0.1) is 0 Å². The normalized spacial score (nSPS) is 25.9. The number of nitrogens with zero attached hydrogens (tertiary/aromatic N) is 3. The molecule has 2 heterocycles. The summed E-state index contributed by atoms with van der Waals surface area (Å²) in [5.74, 6) is 1.08. The highest BCUT2D eigenvalue weighted by molar-refractivity contribution is 5.43. The summed E-state index contributed by atoms with van der Waals surface area (Å²) in [6, 6.07) is 1.84. The lowest BCUT2D eigenvalue weighted by molar-refractivity contribution is 0.108. The highest BCUT2D eigenvalue weighted by Gasteiger charge is 2.30. The van der Waals surface area contributed by atoms with E-state index >= 15 is 0 Å². The Morgan fingerprint density at radius 1 is 1.53 bits per heavy atom. The van der Waals surface area contributed by atoms with Gasteiger partial charge in [0.1, 0.15) is 5.82 Å². The molecule has 1 aliphatic heterocycles. The lowest BCUT2D eigenvalue weighted by atomic mass is 10.2. The third-order valence-corrected chi connectivity index (χ3v) is 2.60. The molecule has 6 nitrogen and oxygen atoms in total. The average Bonchev–Trinajstić information content (AvgIpc) is 2.60. The smallest absolute Gasteiger partial charge is 0.221 e. The van der Waals surface area contributed by atoms with E-state index in [2.05, 4.69) is 14.9 Å². The summed E-state index contributed by atoms with van der Waals surface area (Å²) in [5.41, 5.74) is 11.4. The Bertz CT molecular complexity index is 345. The quantitative estimate of drug-likeness (QED) is 0.664. The summed E-state index contributed by atoms with van der Waals surface area (Å²) in [4.78, 5) is 10.0. The van der Waals surface area contributed by atoms with Crippen molar-refractivity contribution in [1.29, 1.82) is 0 Å². The number of hydrogen-bond donors (Lipinski definition) is 2. The van der Waals surface area contributed by atoms with Gasteiger partial charge >= 0.3 is 0 Å². The maximum Gasteiger partial charge on any atom is 0.221 e. The van der Waals surface area contributed by atoms with E-state index in [-0.39, 0.29) is 18.1 Å². The maximum atomic E-state index is 5.91. The summed E-state index contributed by atoms with van der Waals surface area (Å²) >= 11 is 0. The maximum absolute atomic E-state index is 5.91. The largest absolute Gasteiger partial charge is 0.378 e. The number of nitrogens with two attached hydrogens (primary N) is 2. The number of methoxy groups -OCH3 is 1. The zero-order valence-electron chi connectivity index (χ0n) is 8.63. The van der Waals surface area contributed by atoms with Crippen molar-refractivity contribution >= 4 is 11.8 Å². The Balaban J connectivity index is 2.13. The Hall–Kier alpha value is -1.40. The number of nitrogen functional groups attached to an aromatic ring is 1. The molecule has 0 spiro atoms. The molecule has 0 radical (unpaired) electrons. The van der Waals surface area contributed by atoms with Gasteiger partial charge in [0.25, 0.3) is 0 Å². The zero-order valence-corrected chi connectivity index (χ0v) is 8.63. The molecule has 82 valence electrons. The fourth-order valence-corrected chi connectivity index (χ4v) is 1.78. The molecule has 1 aliphatic rings. The monoisotopic (exact) mass is 209 g/mol. The minimum atomic E-state index is 0.0196. The van der Waals surface area contributed by atoms with Gasteiger partial charge in [-0.05, 0) is 6.07 Å². The van der Waals surface area contributed by atoms with Crippen molar-refractivity contribution in [3.63, 3.8) is 0 Å². The molecule has 2 rings (SSSR count). The molecule has 0 unspecified atom stereocenters. The van der Waals surface area contributed by atoms with Crippen LogP contribution < -0.4 is 16.4 Å². The first-order valence-electron chi connectivity index (χ1n) is 4.82. The van der Waals surface area contributed by atoms with E-state index in [0.717, 1.165) is 18.9 Å². The van der Waals surface area contributed by atoms with Crippen molar-refractivity contribution in [3.8, 4) is 0 Å². The molecule has 0 saturated carbocycles. The zero-order chi connectivity index (χ0) is 10.8. The third-order valence-electron chi connectivity index (χ3n) is 2.60. The molecular weight excluding hydrogens is 194 g/mol. The van der Waals surface area contributed by atoms with Crippen LogP contribution in [-0.4, -0.2) is 42.3 Å². The van der Waals surface area contributed by atoms with Gasteiger partial charge in [-0.25, -0.2) is 4.98 Å². The van der Waals surface area contributed by atoms with E-state index in [1.807, 2.05) is 6.07 Å². The van der Waals surface area contributed by atoms with Crippen LogP contribution >= 0.6 is 0 Å². The minimum Gasteiger partial charge on any atom is -0.378 e. The van der Waals surface area contributed by atoms with E-state index in [1.165, 1.54) is 0 Å². The minimum absolute atomic E-state index is 0.0196. The van der Waals surface area contributed by atoms with E-state index in [9.17, 15) is 0 Å². The summed E-state index contributed by atoms with van der Waals surface area (Å²) in [6.45, 7) is 1.48. The number of ether oxygens (including phenoxy) is 1. The van der Waals surface area contributed by atoms with Gasteiger partial charge < -0.3 is 21.1 Å². The topological polar surface area (TPSA) is 90.3 Å². The highest BCUT2D eigenvalue weighted by atomic mass is 16.5. The predicted octanol–water partition coefficient (Wildman–Crippen LogP) is -0.779. The first kappa shape index (κ1) is 10.1. The van der Waals surface area contributed by atoms with Crippen LogP contribution in [0.2, 0.25) is 0 Å². The number of rotatable bonds is 2. The fraction of sp³-hybridized carbons (Fsp3) is 0.556. The molecule has 1 saturated heterocycles. The fourth-order valence-electron chi connectivity index (χ4n) is 1.78. The van der Waals surface area contributed by atoms with Gasteiger partial charge in [-0.15, -0.1) is 0 Å². The van der Waals surface area contributed by atoms with Crippen molar-refractivity contribution in [2.75, 3.05) is 30.8 Å². The first-order chi connectivity index (χ1) is 7.20. The van der Waals surface area contributed by atoms with Crippen LogP contribution in [0.15, 0.2) is 12.3 Å². The van der Waals surface area contributed by atoms with E-state index < -0.39 is 0 Å². The lowest BCUT2D eigenvalue weighted by Crippen LogP contribution is -2.34. The Labute approximate surface area is 88.2 Å². The summed E-state index contributed by atoms with van der Waals surface area (Å²) < 4.78 is 5.26. The second-order valence-corrected chi connectivity index (χ2v) is 3.62. The molecule has 1 aromatic rings. The van der Waals surface area contributed by atoms with Crippen molar-refractivity contribution in [3.05, 3.63) is 12.3 Å². The van der Waals surface area contributed by atoms with Gasteiger partial charge in [0.2, 0.25) is 5.95 Å². The molecule has 0 amide bonds. The molecule has 0 bridgehead atoms. The van der Waals surface area contributed by atoms with Gasteiger partial charge in [-0.3, -0.25) is 0 Å². The van der Waals surface area contributed by atoms with Crippen molar-refractivity contribution < 1.29 is 4.74 Å².